The summed E-state index contributed by atoms with van der Waals surface area (Å²) in [5, 5.41) is 6.88. The molecule has 0 aromatic heterocycles. The minimum atomic E-state index is -0.129. The molecule has 3 heteroatoms. The number of fused-ring (bicyclic) bond motifs is 1. The van der Waals surface area contributed by atoms with Gasteiger partial charge in [0.15, 0.2) is 0 Å². The van der Waals surface area contributed by atoms with Crippen molar-refractivity contribution in [2.75, 3.05) is 13.1 Å². The molecule has 0 bridgehead atoms. The zero-order chi connectivity index (χ0) is 11.5. The van der Waals surface area contributed by atoms with E-state index in [-0.39, 0.29) is 5.82 Å². The molecular weight excluding hydrogens is 203 g/mol. The third kappa shape index (κ3) is 2.60. The predicted octanol–water partition coefficient (Wildman–Crippen LogP) is 2.01. The van der Waals surface area contributed by atoms with E-state index in [1.165, 1.54) is 5.56 Å². The molecule has 1 unspecified atom stereocenters. The van der Waals surface area contributed by atoms with E-state index in [1.54, 1.807) is 12.1 Å². The van der Waals surface area contributed by atoms with Crippen molar-refractivity contribution in [3.05, 3.63) is 35.1 Å². The molecule has 0 spiro atoms. The summed E-state index contributed by atoms with van der Waals surface area (Å²) in [6, 6.07) is 5.91. The maximum Gasteiger partial charge on any atom is 0.123 e. The van der Waals surface area contributed by atoms with Gasteiger partial charge in [-0.25, -0.2) is 4.39 Å². The fraction of sp³-hybridized carbons (Fsp3) is 0.538. The first-order valence-electron chi connectivity index (χ1n) is 5.92. The van der Waals surface area contributed by atoms with Crippen LogP contribution in [-0.2, 0) is 6.42 Å². The lowest BCUT2D eigenvalue weighted by molar-refractivity contribution is 0.445. The maximum atomic E-state index is 13.1. The average Bonchev–Trinajstić information content (AvgIpc) is 2.25. The van der Waals surface area contributed by atoms with Crippen LogP contribution in [0.4, 0.5) is 4.39 Å². The first-order chi connectivity index (χ1) is 7.66. The number of hydrogen-bond donors (Lipinski definition) is 2. The maximum absolute atomic E-state index is 13.1. The smallest absolute Gasteiger partial charge is 0.123 e. The van der Waals surface area contributed by atoms with E-state index >= 15 is 0 Å². The van der Waals surface area contributed by atoms with Crippen LogP contribution in [0.5, 0.6) is 0 Å². The number of rotatable bonds is 3. The summed E-state index contributed by atoms with van der Waals surface area (Å²) >= 11 is 0. The molecule has 1 heterocycles. The Morgan fingerprint density at radius 1 is 1.50 bits per heavy atom. The Kier molecular flexibility index (Phi) is 3.56. The first kappa shape index (κ1) is 11.6. The van der Waals surface area contributed by atoms with Gasteiger partial charge in [0.1, 0.15) is 5.82 Å². The van der Waals surface area contributed by atoms with E-state index in [0.717, 1.165) is 25.1 Å². The highest BCUT2D eigenvalue weighted by atomic mass is 19.1. The molecule has 1 aliphatic heterocycles. The van der Waals surface area contributed by atoms with Gasteiger partial charge in [-0.15, -0.1) is 0 Å². The van der Waals surface area contributed by atoms with Crippen molar-refractivity contribution in [1.29, 1.82) is 0 Å². The van der Waals surface area contributed by atoms with Gasteiger partial charge in [0.05, 0.1) is 0 Å². The molecule has 1 aromatic rings. The summed E-state index contributed by atoms with van der Waals surface area (Å²) in [4.78, 5) is 0. The van der Waals surface area contributed by atoms with Crippen LogP contribution in [0.2, 0.25) is 0 Å². The number of benzene rings is 1. The molecule has 0 fully saturated rings. The van der Waals surface area contributed by atoms with Gasteiger partial charge in [0.2, 0.25) is 0 Å². The van der Waals surface area contributed by atoms with E-state index in [0.29, 0.717) is 12.1 Å². The molecular formula is C13H19FN2. The molecule has 0 amide bonds. The number of nitrogens with one attached hydrogen (secondary N) is 2. The minimum Gasteiger partial charge on any atom is -0.313 e. The van der Waals surface area contributed by atoms with Crippen LogP contribution in [0.25, 0.3) is 0 Å². The zero-order valence-electron chi connectivity index (χ0n) is 9.89. The summed E-state index contributed by atoms with van der Waals surface area (Å²) in [6.07, 6.45) is 0.922. The van der Waals surface area contributed by atoms with Gasteiger partial charge in [-0.2, -0.15) is 0 Å². The highest BCUT2D eigenvalue weighted by Gasteiger charge is 2.19. The van der Waals surface area contributed by atoms with Crippen molar-refractivity contribution in [3.8, 4) is 0 Å². The Balaban J connectivity index is 2.13. The second kappa shape index (κ2) is 4.93. The zero-order valence-corrected chi connectivity index (χ0v) is 9.89. The lowest BCUT2D eigenvalue weighted by atomic mass is 9.94. The van der Waals surface area contributed by atoms with Crippen molar-refractivity contribution in [2.45, 2.75) is 32.4 Å². The number of hydrogen-bond acceptors (Lipinski definition) is 2. The quantitative estimate of drug-likeness (QED) is 0.817. The van der Waals surface area contributed by atoms with Crippen molar-refractivity contribution < 1.29 is 4.39 Å². The Labute approximate surface area is 96.2 Å². The summed E-state index contributed by atoms with van der Waals surface area (Å²) in [7, 11) is 0. The first-order valence-corrected chi connectivity index (χ1v) is 5.92. The third-order valence-electron chi connectivity index (χ3n) is 3.00. The highest BCUT2D eigenvalue weighted by molar-refractivity contribution is 5.33. The summed E-state index contributed by atoms with van der Waals surface area (Å²) in [6.45, 7) is 6.10. The van der Waals surface area contributed by atoms with E-state index in [2.05, 4.69) is 24.5 Å². The molecule has 0 radical (unpaired) electrons. The van der Waals surface area contributed by atoms with Crippen LogP contribution in [0, 0.1) is 5.82 Å². The van der Waals surface area contributed by atoms with E-state index < -0.39 is 0 Å². The van der Waals surface area contributed by atoms with Gasteiger partial charge in [-0.3, -0.25) is 0 Å². The molecule has 2 nitrogen and oxygen atoms in total. The Hall–Kier alpha value is -0.930. The van der Waals surface area contributed by atoms with E-state index in [1.807, 2.05) is 6.07 Å². The fourth-order valence-corrected chi connectivity index (χ4v) is 2.16. The van der Waals surface area contributed by atoms with E-state index in [9.17, 15) is 4.39 Å². The van der Waals surface area contributed by atoms with Crippen molar-refractivity contribution in [1.82, 2.24) is 10.6 Å². The second-order valence-electron chi connectivity index (χ2n) is 4.66. The SMILES string of the molecule is CC(C)NCC1NCCc2cc(F)ccc21. The molecule has 2 rings (SSSR count). The van der Waals surface area contributed by atoms with Crippen LogP contribution < -0.4 is 10.6 Å². The predicted molar refractivity (Wildman–Crippen MR) is 64.0 cm³/mol. The van der Waals surface area contributed by atoms with Crippen molar-refractivity contribution in [3.63, 3.8) is 0 Å². The van der Waals surface area contributed by atoms with Gasteiger partial charge in [-0.1, -0.05) is 19.9 Å². The summed E-state index contributed by atoms with van der Waals surface area (Å²) in [5.41, 5.74) is 2.38. The van der Waals surface area contributed by atoms with Crippen LogP contribution in [-0.4, -0.2) is 19.1 Å². The lowest BCUT2D eigenvalue weighted by Gasteiger charge is -2.28. The lowest BCUT2D eigenvalue weighted by Crippen LogP contribution is -2.38. The van der Waals surface area contributed by atoms with E-state index in [4.69, 9.17) is 0 Å². The molecule has 1 aromatic carbocycles. The Bertz CT molecular complexity index is 363. The summed E-state index contributed by atoms with van der Waals surface area (Å²) < 4.78 is 13.1. The number of halogens is 1. The monoisotopic (exact) mass is 222 g/mol. The van der Waals surface area contributed by atoms with Gasteiger partial charge in [0, 0.05) is 18.6 Å². The Morgan fingerprint density at radius 2 is 2.31 bits per heavy atom. The molecule has 0 saturated heterocycles. The van der Waals surface area contributed by atoms with Gasteiger partial charge >= 0.3 is 0 Å². The average molecular weight is 222 g/mol. The van der Waals surface area contributed by atoms with Gasteiger partial charge in [-0.05, 0) is 36.2 Å². The minimum absolute atomic E-state index is 0.129. The normalized spacial score (nSPS) is 19.9. The van der Waals surface area contributed by atoms with Crippen LogP contribution in [0.15, 0.2) is 18.2 Å². The van der Waals surface area contributed by atoms with Crippen molar-refractivity contribution in [2.24, 2.45) is 0 Å². The summed E-state index contributed by atoms with van der Waals surface area (Å²) in [5.74, 6) is -0.129. The van der Waals surface area contributed by atoms with Crippen molar-refractivity contribution >= 4 is 0 Å². The standard InChI is InChI=1S/C13H19FN2/c1-9(2)16-8-13-12-4-3-11(14)7-10(12)5-6-15-13/h3-4,7,9,13,15-16H,5-6,8H2,1-2H3. The molecule has 16 heavy (non-hydrogen) atoms. The van der Waals surface area contributed by atoms with Gasteiger partial charge in [0.25, 0.3) is 0 Å². The molecule has 88 valence electrons. The molecule has 2 N–H and O–H groups in total. The third-order valence-corrected chi connectivity index (χ3v) is 3.00. The topological polar surface area (TPSA) is 24.1 Å². The fourth-order valence-electron chi connectivity index (χ4n) is 2.16. The molecule has 0 aliphatic carbocycles. The molecule has 0 saturated carbocycles. The highest BCUT2D eigenvalue weighted by Crippen LogP contribution is 2.23. The van der Waals surface area contributed by atoms with Gasteiger partial charge < -0.3 is 10.6 Å². The molecule has 1 aliphatic rings. The Morgan fingerprint density at radius 3 is 3.06 bits per heavy atom. The van der Waals surface area contributed by atoms with Crippen LogP contribution in [0.1, 0.15) is 31.0 Å². The second-order valence-corrected chi connectivity index (χ2v) is 4.66. The van der Waals surface area contributed by atoms with Crippen LogP contribution >= 0.6 is 0 Å². The molecule has 1 atom stereocenters. The largest absolute Gasteiger partial charge is 0.313 e. The van der Waals surface area contributed by atoms with Crippen LogP contribution in [0.3, 0.4) is 0 Å².